The summed E-state index contributed by atoms with van der Waals surface area (Å²) in [6, 6.07) is 3.54. The molecule has 0 aromatic carbocycles. The van der Waals surface area contributed by atoms with Crippen molar-refractivity contribution in [3.05, 3.63) is 12.1 Å². The lowest BCUT2D eigenvalue weighted by Crippen LogP contribution is -2.08. The molecule has 90 valence electrons. The maximum atomic E-state index is 8.85. The molecule has 1 heterocycles. The number of hydrogen-bond acceptors (Lipinski definition) is 5. The van der Waals surface area contributed by atoms with Gasteiger partial charge in [-0.15, -0.1) is 0 Å². The van der Waals surface area contributed by atoms with Gasteiger partial charge < -0.3 is 21.9 Å². The summed E-state index contributed by atoms with van der Waals surface area (Å²) in [6.45, 7) is 3.09. The number of pyridine rings is 1. The van der Waals surface area contributed by atoms with Gasteiger partial charge in [-0.3, -0.25) is 0 Å². The lowest BCUT2D eigenvalue weighted by molar-refractivity contribution is 0.229. The molecule has 1 atom stereocenters. The molecule has 16 heavy (non-hydrogen) atoms. The Morgan fingerprint density at radius 2 is 2.19 bits per heavy atom. The third kappa shape index (κ3) is 3.94. The minimum atomic E-state index is 0.243. The third-order valence-electron chi connectivity index (χ3n) is 2.45. The maximum absolute atomic E-state index is 8.85. The zero-order valence-electron chi connectivity index (χ0n) is 9.61. The van der Waals surface area contributed by atoms with Crippen molar-refractivity contribution in [2.75, 3.05) is 29.9 Å². The Morgan fingerprint density at radius 3 is 2.81 bits per heavy atom. The normalized spacial score (nSPS) is 12.4. The van der Waals surface area contributed by atoms with Gasteiger partial charge in [-0.25, -0.2) is 4.98 Å². The monoisotopic (exact) mass is 224 g/mol. The van der Waals surface area contributed by atoms with Crippen LogP contribution in [0, 0.1) is 5.92 Å². The molecule has 1 rings (SSSR count). The number of anilines is 3. The van der Waals surface area contributed by atoms with Gasteiger partial charge in [0, 0.05) is 13.2 Å². The first kappa shape index (κ1) is 12.6. The summed E-state index contributed by atoms with van der Waals surface area (Å²) in [4.78, 5) is 4.10. The SMILES string of the molecule is CC(CO)CCCNc1ccc(N)c(N)n1. The molecule has 0 aliphatic heterocycles. The number of nitrogens with two attached hydrogens (primary N) is 2. The van der Waals surface area contributed by atoms with Gasteiger partial charge in [-0.1, -0.05) is 6.92 Å². The number of aromatic nitrogens is 1. The van der Waals surface area contributed by atoms with E-state index >= 15 is 0 Å². The predicted octanol–water partition coefficient (Wildman–Crippen LogP) is 1.07. The molecule has 0 bridgehead atoms. The van der Waals surface area contributed by atoms with Gasteiger partial charge in [0.15, 0.2) is 0 Å². The first-order chi connectivity index (χ1) is 7.63. The number of nitrogen functional groups attached to an aromatic ring is 2. The Hall–Kier alpha value is -1.49. The summed E-state index contributed by atoms with van der Waals surface area (Å²) < 4.78 is 0. The van der Waals surface area contributed by atoms with E-state index < -0.39 is 0 Å². The molecule has 5 heteroatoms. The number of nitrogens with zero attached hydrogens (tertiary/aromatic N) is 1. The Labute approximate surface area is 95.9 Å². The number of nitrogens with one attached hydrogen (secondary N) is 1. The Balaban J connectivity index is 2.29. The highest BCUT2D eigenvalue weighted by molar-refractivity contribution is 5.61. The summed E-state index contributed by atoms with van der Waals surface area (Å²) in [5.41, 5.74) is 11.6. The average molecular weight is 224 g/mol. The maximum Gasteiger partial charge on any atom is 0.149 e. The Bertz CT molecular complexity index is 330. The van der Waals surface area contributed by atoms with E-state index in [0.717, 1.165) is 25.2 Å². The van der Waals surface area contributed by atoms with E-state index in [9.17, 15) is 0 Å². The van der Waals surface area contributed by atoms with Gasteiger partial charge in [0.1, 0.15) is 11.6 Å². The second-order valence-corrected chi connectivity index (χ2v) is 4.03. The molecule has 0 saturated carbocycles. The number of aliphatic hydroxyl groups excluding tert-OH is 1. The van der Waals surface area contributed by atoms with Gasteiger partial charge in [-0.05, 0) is 30.9 Å². The van der Waals surface area contributed by atoms with E-state index in [1.807, 2.05) is 6.92 Å². The second-order valence-electron chi connectivity index (χ2n) is 4.03. The van der Waals surface area contributed by atoms with Crippen molar-refractivity contribution in [1.29, 1.82) is 0 Å². The van der Waals surface area contributed by atoms with E-state index in [2.05, 4.69) is 10.3 Å². The molecule has 0 aliphatic rings. The number of aliphatic hydroxyl groups is 1. The van der Waals surface area contributed by atoms with Crippen LogP contribution in [-0.2, 0) is 0 Å². The van der Waals surface area contributed by atoms with Crippen molar-refractivity contribution >= 4 is 17.3 Å². The van der Waals surface area contributed by atoms with E-state index in [1.54, 1.807) is 12.1 Å². The lowest BCUT2D eigenvalue weighted by Gasteiger charge is -2.09. The fourth-order valence-corrected chi connectivity index (χ4v) is 1.34. The fraction of sp³-hybridized carbons (Fsp3) is 0.545. The molecule has 0 radical (unpaired) electrons. The molecule has 1 aromatic rings. The second kappa shape index (κ2) is 6.17. The summed E-state index contributed by atoms with van der Waals surface area (Å²) in [7, 11) is 0. The van der Waals surface area contributed by atoms with Crippen molar-refractivity contribution in [3.8, 4) is 0 Å². The summed E-state index contributed by atoms with van der Waals surface area (Å²) in [5.74, 6) is 1.45. The van der Waals surface area contributed by atoms with Crippen molar-refractivity contribution in [2.24, 2.45) is 5.92 Å². The molecule has 0 spiro atoms. The number of rotatable bonds is 6. The van der Waals surface area contributed by atoms with Gasteiger partial charge in [0.05, 0.1) is 5.69 Å². The van der Waals surface area contributed by atoms with Crippen molar-refractivity contribution in [2.45, 2.75) is 19.8 Å². The Morgan fingerprint density at radius 1 is 1.44 bits per heavy atom. The molecular formula is C11H20N4O. The quantitative estimate of drug-likeness (QED) is 0.542. The van der Waals surface area contributed by atoms with Crippen LogP contribution in [0.5, 0.6) is 0 Å². The number of hydrogen-bond donors (Lipinski definition) is 4. The first-order valence-corrected chi connectivity index (χ1v) is 5.50. The van der Waals surface area contributed by atoms with Crippen LogP contribution in [0.4, 0.5) is 17.3 Å². The van der Waals surface area contributed by atoms with E-state index in [4.69, 9.17) is 16.6 Å². The molecule has 0 amide bonds. The van der Waals surface area contributed by atoms with Crippen LogP contribution < -0.4 is 16.8 Å². The largest absolute Gasteiger partial charge is 0.396 e. The minimum absolute atomic E-state index is 0.243. The molecule has 6 N–H and O–H groups in total. The lowest BCUT2D eigenvalue weighted by atomic mass is 10.1. The molecule has 0 saturated heterocycles. The summed E-state index contributed by atoms with van der Waals surface area (Å²) >= 11 is 0. The van der Waals surface area contributed by atoms with Crippen LogP contribution in [0.25, 0.3) is 0 Å². The predicted molar refractivity (Wildman–Crippen MR) is 67.0 cm³/mol. The van der Waals surface area contributed by atoms with Crippen LogP contribution in [0.1, 0.15) is 19.8 Å². The molecular weight excluding hydrogens is 204 g/mol. The summed E-state index contributed by atoms with van der Waals surface area (Å²) in [6.07, 6.45) is 1.99. The Kier molecular flexibility index (Phi) is 4.85. The average Bonchev–Trinajstić information content (AvgIpc) is 2.28. The summed E-state index contributed by atoms with van der Waals surface area (Å²) in [5, 5.41) is 12.0. The smallest absolute Gasteiger partial charge is 0.149 e. The zero-order chi connectivity index (χ0) is 12.0. The van der Waals surface area contributed by atoms with Gasteiger partial charge in [0.25, 0.3) is 0 Å². The molecule has 0 fully saturated rings. The molecule has 1 aromatic heterocycles. The van der Waals surface area contributed by atoms with Gasteiger partial charge in [0.2, 0.25) is 0 Å². The highest BCUT2D eigenvalue weighted by Crippen LogP contribution is 2.14. The van der Waals surface area contributed by atoms with Crippen molar-refractivity contribution in [3.63, 3.8) is 0 Å². The highest BCUT2D eigenvalue weighted by Gasteiger charge is 2.01. The van der Waals surface area contributed by atoms with Crippen molar-refractivity contribution in [1.82, 2.24) is 4.98 Å². The van der Waals surface area contributed by atoms with Crippen LogP contribution in [0.3, 0.4) is 0 Å². The van der Waals surface area contributed by atoms with Gasteiger partial charge >= 0.3 is 0 Å². The first-order valence-electron chi connectivity index (χ1n) is 5.50. The van der Waals surface area contributed by atoms with Crippen LogP contribution in [-0.4, -0.2) is 23.2 Å². The van der Waals surface area contributed by atoms with Crippen molar-refractivity contribution < 1.29 is 5.11 Å². The standard InChI is InChI=1S/C11H20N4O/c1-8(7-16)3-2-6-14-10-5-4-9(12)11(13)15-10/h4-5,8,16H,2-3,6-7,12H2,1H3,(H3,13,14,15). The fourth-order valence-electron chi connectivity index (χ4n) is 1.34. The molecule has 0 aliphatic carbocycles. The van der Waals surface area contributed by atoms with Gasteiger partial charge in [-0.2, -0.15) is 0 Å². The van der Waals surface area contributed by atoms with Crippen LogP contribution >= 0.6 is 0 Å². The molecule has 1 unspecified atom stereocenters. The molecule has 5 nitrogen and oxygen atoms in total. The minimum Gasteiger partial charge on any atom is -0.396 e. The zero-order valence-corrected chi connectivity index (χ0v) is 9.61. The van der Waals surface area contributed by atoms with Crippen LogP contribution in [0.15, 0.2) is 12.1 Å². The highest BCUT2D eigenvalue weighted by atomic mass is 16.3. The van der Waals surface area contributed by atoms with E-state index in [1.165, 1.54) is 0 Å². The van der Waals surface area contributed by atoms with E-state index in [-0.39, 0.29) is 6.61 Å². The topological polar surface area (TPSA) is 97.2 Å². The van der Waals surface area contributed by atoms with Crippen LogP contribution in [0.2, 0.25) is 0 Å². The third-order valence-corrected chi connectivity index (χ3v) is 2.45. The van der Waals surface area contributed by atoms with E-state index in [0.29, 0.717) is 17.4 Å².